The van der Waals surface area contributed by atoms with Gasteiger partial charge in [0.25, 0.3) is 0 Å². The van der Waals surface area contributed by atoms with Crippen LogP contribution in [0.4, 0.5) is 0 Å². The molecule has 0 aromatic carbocycles. The summed E-state index contributed by atoms with van der Waals surface area (Å²) in [5, 5.41) is 4.38. The van der Waals surface area contributed by atoms with E-state index in [1.165, 1.54) is 45.6 Å². The molecule has 2 fully saturated rings. The van der Waals surface area contributed by atoms with Gasteiger partial charge in [-0.25, -0.2) is 5.32 Å². The van der Waals surface area contributed by atoms with Crippen LogP contribution in [0.1, 0.15) is 12.8 Å². The first-order valence-electron chi connectivity index (χ1n) is 5.89. The molecule has 14 heavy (non-hydrogen) atoms. The van der Waals surface area contributed by atoms with Gasteiger partial charge in [-0.05, 0) is 32.4 Å². The molecule has 3 heteroatoms. The van der Waals surface area contributed by atoms with Gasteiger partial charge in [-0.1, -0.05) is 0 Å². The largest absolute Gasteiger partial charge is 0.306 e. The quantitative estimate of drug-likeness (QED) is 0.631. The van der Waals surface area contributed by atoms with Crippen LogP contribution >= 0.6 is 0 Å². The fourth-order valence-corrected chi connectivity index (χ4v) is 2.62. The van der Waals surface area contributed by atoms with Crippen molar-refractivity contribution in [2.24, 2.45) is 5.92 Å². The minimum atomic E-state index is 0.909. The van der Waals surface area contributed by atoms with Gasteiger partial charge in [0.2, 0.25) is 0 Å². The van der Waals surface area contributed by atoms with E-state index in [0.29, 0.717) is 0 Å². The van der Waals surface area contributed by atoms with Crippen LogP contribution in [0.15, 0.2) is 0 Å². The lowest BCUT2D eigenvalue weighted by Crippen LogP contribution is -2.45. The highest BCUT2D eigenvalue weighted by Crippen LogP contribution is 2.16. The molecule has 0 N–H and O–H groups in total. The molecule has 1 unspecified atom stereocenters. The van der Waals surface area contributed by atoms with Gasteiger partial charge >= 0.3 is 0 Å². The first-order chi connectivity index (χ1) is 6.84. The Morgan fingerprint density at radius 3 is 2.71 bits per heavy atom. The smallest absolute Gasteiger partial charge is 0.0261 e. The van der Waals surface area contributed by atoms with Crippen molar-refractivity contribution in [3.8, 4) is 0 Å². The topological polar surface area (TPSA) is 20.6 Å². The molecule has 0 amide bonds. The standard InChI is InChI=1S/C11H22N3/c1-13-6-2-3-11(9-13)10-14-7-4-12-5-8-14/h11H,2-10H2,1H3. The predicted octanol–water partition coefficient (Wildman–Crippen LogP) is 0.248. The maximum Gasteiger partial charge on any atom is 0.0261 e. The van der Waals surface area contributed by atoms with Gasteiger partial charge in [-0.2, -0.15) is 0 Å². The normalized spacial score (nSPS) is 31.9. The Balaban J connectivity index is 1.72. The molecule has 2 saturated heterocycles. The highest BCUT2D eigenvalue weighted by Gasteiger charge is 2.20. The second-order valence-corrected chi connectivity index (χ2v) is 4.74. The Kier molecular flexibility index (Phi) is 3.79. The number of piperazine rings is 1. The van der Waals surface area contributed by atoms with E-state index in [-0.39, 0.29) is 0 Å². The number of nitrogens with zero attached hydrogens (tertiary/aromatic N) is 3. The van der Waals surface area contributed by atoms with Crippen LogP contribution in [-0.4, -0.2) is 62.7 Å². The molecule has 0 spiro atoms. The van der Waals surface area contributed by atoms with Crippen LogP contribution in [0.3, 0.4) is 0 Å². The molecule has 1 radical (unpaired) electrons. The van der Waals surface area contributed by atoms with Gasteiger partial charge in [0.15, 0.2) is 0 Å². The summed E-state index contributed by atoms with van der Waals surface area (Å²) in [4.78, 5) is 5.07. The number of hydrogen-bond acceptors (Lipinski definition) is 2. The molecule has 2 rings (SSSR count). The van der Waals surface area contributed by atoms with E-state index in [2.05, 4.69) is 22.2 Å². The fraction of sp³-hybridized carbons (Fsp3) is 1.00. The third-order valence-electron chi connectivity index (χ3n) is 3.39. The van der Waals surface area contributed by atoms with Crippen LogP contribution in [0.5, 0.6) is 0 Å². The lowest BCUT2D eigenvalue weighted by Gasteiger charge is -2.35. The molecule has 3 nitrogen and oxygen atoms in total. The van der Waals surface area contributed by atoms with Crippen molar-refractivity contribution in [2.75, 3.05) is 52.9 Å². The molecular weight excluding hydrogens is 174 g/mol. The fourth-order valence-electron chi connectivity index (χ4n) is 2.62. The minimum Gasteiger partial charge on any atom is -0.306 e. The second-order valence-electron chi connectivity index (χ2n) is 4.74. The van der Waals surface area contributed by atoms with Gasteiger partial charge in [-0.3, -0.25) is 0 Å². The van der Waals surface area contributed by atoms with E-state index in [1.54, 1.807) is 0 Å². The van der Waals surface area contributed by atoms with Gasteiger partial charge in [0, 0.05) is 39.3 Å². The Labute approximate surface area is 87.4 Å². The maximum absolute atomic E-state index is 4.38. The van der Waals surface area contributed by atoms with Gasteiger partial charge in [0.1, 0.15) is 0 Å². The summed E-state index contributed by atoms with van der Waals surface area (Å²) in [6.45, 7) is 8.41. The van der Waals surface area contributed by atoms with Gasteiger partial charge < -0.3 is 9.80 Å². The van der Waals surface area contributed by atoms with Crippen molar-refractivity contribution in [3.05, 3.63) is 0 Å². The second kappa shape index (κ2) is 5.10. The molecule has 2 heterocycles. The summed E-state index contributed by atoms with van der Waals surface area (Å²) >= 11 is 0. The Morgan fingerprint density at radius 2 is 2.00 bits per heavy atom. The first-order valence-corrected chi connectivity index (χ1v) is 5.89. The maximum atomic E-state index is 4.38. The molecule has 81 valence electrons. The van der Waals surface area contributed by atoms with Crippen LogP contribution in [-0.2, 0) is 0 Å². The third kappa shape index (κ3) is 2.94. The van der Waals surface area contributed by atoms with Crippen LogP contribution in [0.25, 0.3) is 0 Å². The molecule has 0 aromatic rings. The molecule has 0 saturated carbocycles. The van der Waals surface area contributed by atoms with E-state index in [4.69, 9.17) is 0 Å². The average molecular weight is 196 g/mol. The molecule has 1 atom stereocenters. The van der Waals surface area contributed by atoms with Crippen molar-refractivity contribution in [1.82, 2.24) is 15.1 Å². The first kappa shape index (κ1) is 10.4. The van der Waals surface area contributed by atoms with Crippen molar-refractivity contribution >= 4 is 0 Å². The molecule has 2 aliphatic rings. The summed E-state index contributed by atoms with van der Waals surface area (Å²) in [5.41, 5.74) is 0. The molecule has 0 aromatic heterocycles. The third-order valence-corrected chi connectivity index (χ3v) is 3.39. The lowest BCUT2D eigenvalue weighted by atomic mass is 9.98. The van der Waals surface area contributed by atoms with Crippen LogP contribution in [0, 0.1) is 5.92 Å². The van der Waals surface area contributed by atoms with E-state index in [1.807, 2.05) is 0 Å². The lowest BCUT2D eigenvalue weighted by molar-refractivity contribution is 0.141. The molecule has 0 aliphatic carbocycles. The zero-order valence-corrected chi connectivity index (χ0v) is 9.28. The van der Waals surface area contributed by atoms with E-state index >= 15 is 0 Å². The van der Waals surface area contributed by atoms with Gasteiger partial charge in [-0.15, -0.1) is 0 Å². The van der Waals surface area contributed by atoms with Crippen LogP contribution < -0.4 is 5.32 Å². The highest BCUT2D eigenvalue weighted by atomic mass is 15.2. The summed E-state index contributed by atoms with van der Waals surface area (Å²) in [6.07, 6.45) is 2.82. The Hall–Kier alpha value is -0.120. The van der Waals surface area contributed by atoms with Crippen molar-refractivity contribution in [3.63, 3.8) is 0 Å². The van der Waals surface area contributed by atoms with Crippen molar-refractivity contribution in [2.45, 2.75) is 12.8 Å². The number of hydrogen-bond donors (Lipinski definition) is 0. The summed E-state index contributed by atoms with van der Waals surface area (Å²) in [5.74, 6) is 0.909. The number of rotatable bonds is 2. The van der Waals surface area contributed by atoms with Crippen LogP contribution in [0.2, 0.25) is 0 Å². The summed E-state index contributed by atoms with van der Waals surface area (Å²) < 4.78 is 0. The number of likely N-dealkylation sites (tertiary alicyclic amines) is 1. The van der Waals surface area contributed by atoms with E-state index < -0.39 is 0 Å². The SMILES string of the molecule is CN1CCCC(CN2CC[N]CC2)C1. The summed E-state index contributed by atoms with van der Waals surface area (Å²) in [6, 6.07) is 0. The zero-order valence-electron chi connectivity index (χ0n) is 9.28. The van der Waals surface area contributed by atoms with E-state index in [0.717, 1.165) is 19.0 Å². The Morgan fingerprint density at radius 1 is 1.21 bits per heavy atom. The predicted molar refractivity (Wildman–Crippen MR) is 58.5 cm³/mol. The molecule has 2 aliphatic heterocycles. The average Bonchev–Trinajstić information content (AvgIpc) is 2.19. The Bertz CT molecular complexity index is 166. The number of piperidine rings is 1. The molecule has 0 bridgehead atoms. The minimum absolute atomic E-state index is 0.909. The highest BCUT2D eigenvalue weighted by molar-refractivity contribution is 4.76. The van der Waals surface area contributed by atoms with E-state index in [9.17, 15) is 0 Å². The monoisotopic (exact) mass is 196 g/mol. The summed E-state index contributed by atoms with van der Waals surface area (Å²) in [7, 11) is 2.25. The van der Waals surface area contributed by atoms with Crippen molar-refractivity contribution < 1.29 is 0 Å². The van der Waals surface area contributed by atoms with Gasteiger partial charge in [0.05, 0.1) is 0 Å². The van der Waals surface area contributed by atoms with Crippen molar-refractivity contribution in [1.29, 1.82) is 0 Å². The molecular formula is C11H22N3. The zero-order chi connectivity index (χ0) is 9.80.